The summed E-state index contributed by atoms with van der Waals surface area (Å²) >= 11 is 0. The number of hydrogen-bond acceptors (Lipinski definition) is 2. The van der Waals surface area contributed by atoms with E-state index in [4.69, 9.17) is 4.42 Å². The molecule has 0 saturated heterocycles. The average molecular weight is 655 g/mol. The van der Waals surface area contributed by atoms with Crippen LogP contribution in [0.1, 0.15) is 47.7 Å². The van der Waals surface area contributed by atoms with Crippen molar-refractivity contribution in [3.8, 4) is 16.8 Å². The van der Waals surface area contributed by atoms with Crippen LogP contribution in [0.4, 0.5) is 5.69 Å². The second-order valence-corrected chi connectivity index (χ2v) is 14.6. The Hall–Kier alpha value is -6.32. The van der Waals surface area contributed by atoms with Crippen LogP contribution in [0.3, 0.4) is 0 Å². The summed E-state index contributed by atoms with van der Waals surface area (Å²) in [5.41, 5.74) is 16.5. The van der Waals surface area contributed by atoms with Crippen LogP contribution >= 0.6 is 0 Å². The van der Waals surface area contributed by atoms with Gasteiger partial charge in [-0.2, -0.15) is 0 Å². The largest absolute Gasteiger partial charge is 0.454 e. The van der Waals surface area contributed by atoms with Crippen LogP contribution in [0.15, 0.2) is 162 Å². The lowest BCUT2D eigenvalue weighted by Gasteiger charge is -2.27. The van der Waals surface area contributed by atoms with Crippen molar-refractivity contribution in [3.05, 3.63) is 186 Å². The minimum absolute atomic E-state index is 0.0642. The Bertz CT molecular complexity index is 2920. The molecule has 1 aliphatic heterocycles. The van der Waals surface area contributed by atoms with E-state index in [-0.39, 0.29) is 11.5 Å². The van der Waals surface area contributed by atoms with E-state index in [1.165, 1.54) is 60.8 Å². The number of para-hydroxylation sites is 3. The number of nitrogens with zero attached hydrogens (tertiary/aromatic N) is 1. The fraction of sp³-hybridized carbons (Fsp3) is 0.0833. The van der Waals surface area contributed by atoms with E-state index in [0.29, 0.717) is 0 Å². The summed E-state index contributed by atoms with van der Waals surface area (Å²) in [6.07, 6.45) is 2.35. The van der Waals surface area contributed by atoms with Crippen molar-refractivity contribution in [2.24, 2.45) is 0 Å². The van der Waals surface area contributed by atoms with Gasteiger partial charge in [-0.25, -0.2) is 0 Å². The maximum atomic E-state index is 6.95. The highest BCUT2D eigenvalue weighted by Gasteiger charge is 2.36. The van der Waals surface area contributed by atoms with Crippen LogP contribution in [0.25, 0.3) is 66.1 Å². The number of benzene rings is 7. The van der Waals surface area contributed by atoms with Crippen LogP contribution in [-0.2, 0) is 5.41 Å². The Morgan fingerprint density at radius 3 is 2.24 bits per heavy atom. The van der Waals surface area contributed by atoms with Crippen molar-refractivity contribution in [2.45, 2.75) is 25.3 Å². The number of fused-ring (bicyclic) bond motifs is 10. The third-order valence-corrected chi connectivity index (χ3v) is 11.4. The molecule has 2 aliphatic rings. The molecule has 3 nitrogen and oxygen atoms in total. The summed E-state index contributed by atoms with van der Waals surface area (Å²) in [4.78, 5) is 0. The standard InChI is InChI=1S/C48H34N2O/c1-48(2)39-19-9-6-15-31(39)37-28-45-38(26-40(37)48)33-17-8-11-21-43(33)50(45)44-22-12-18-35-34-24-23-30(25-46(34)51-47(35)44)36-27-42(29-13-4-3-5-14-29)49-41-20-10-7-16-32(36)41/h3-28,42,49H,1-2H3. The van der Waals surface area contributed by atoms with Crippen LogP contribution in [-0.4, -0.2) is 4.57 Å². The molecule has 9 aromatic rings. The molecule has 0 amide bonds. The van der Waals surface area contributed by atoms with Gasteiger partial charge in [0, 0.05) is 38.2 Å². The molecule has 3 heteroatoms. The predicted molar refractivity (Wildman–Crippen MR) is 212 cm³/mol. The quantitative estimate of drug-likeness (QED) is 0.205. The lowest BCUT2D eigenvalue weighted by atomic mass is 9.82. The SMILES string of the molecule is CC1(C)c2ccccc2-c2cc3c(cc21)c1ccccc1n3-c1cccc2c1oc1cc(C3=CC(c4ccccc4)Nc4ccccc43)ccc12. The molecule has 11 rings (SSSR count). The predicted octanol–water partition coefficient (Wildman–Crippen LogP) is 12.6. The molecule has 1 atom stereocenters. The van der Waals surface area contributed by atoms with Gasteiger partial charge in [0.2, 0.25) is 0 Å². The lowest BCUT2D eigenvalue weighted by Crippen LogP contribution is -2.14. The van der Waals surface area contributed by atoms with Crippen LogP contribution < -0.4 is 5.32 Å². The molecule has 2 aromatic heterocycles. The molecule has 0 fully saturated rings. The Morgan fingerprint density at radius 2 is 1.33 bits per heavy atom. The molecule has 51 heavy (non-hydrogen) atoms. The Kier molecular flexibility index (Phi) is 5.79. The average Bonchev–Trinajstić information content (AvgIpc) is 3.79. The maximum Gasteiger partial charge on any atom is 0.159 e. The number of nitrogens with one attached hydrogen (secondary N) is 1. The maximum absolute atomic E-state index is 6.95. The highest BCUT2D eigenvalue weighted by molar-refractivity contribution is 6.14. The Labute approximate surface area is 296 Å². The van der Waals surface area contributed by atoms with Crippen molar-refractivity contribution in [1.82, 2.24) is 4.57 Å². The first-order chi connectivity index (χ1) is 25.0. The Balaban J connectivity index is 1.12. The van der Waals surface area contributed by atoms with Crippen LogP contribution in [0.5, 0.6) is 0 Å². The van der Waals surface area contributed by atoms with Gasteiger partial charge < -0.3 is 14.3 Å². The van der Waals surface area contributed by atoms with Gasteiger partial charge in [0.05, 0.1) is 22.8 Å². The van der Waals surface area contributed by atoms with Crippen LogP contribution in [0.2, 0.25) is 0 Å². The lowest BCUT2D eigenvalue weighted by molar-refractivity contribution is 0.661. The smallest absolute Gasteiger partial charge is 0.159 e. The number of hydrogen-bond donors (Lipinski definition) is 1. The first-order valence-electron chi connectivity index (χ1n) is 17.8. The molecule has 0 saturated carbocycles. The molecule has 1 N–H and O–H groups in total. The van der Waals surface area contributed by atoms with Gasteiger partial charge in [-0.3, -0.25) is 0 Å². The molecular formula is C48H34N2O. The zero-order chi connectivity index (χ0) is 33.8. The minimum Gasteiger partial charge on any atom is -0.454 e. The van der Waals surface area contributed by atoms with Gasteiger partial charge in [-0.05, 0) is 87.5 Å². The van der Waals surface area contributed by atoms with E-state index in [9.17, 15) is 0 Å². The highest BCUT2D eigenvalue weighted by atomic mass is 16.3. The highest BCUT2D eigenvalue weighted by Crippen LogP contribution is 2.51. The first-order valence-corrected chi connectivity index (χ1v) is 17.8. The van der Waals surface area contributed by atoms with Gasteiger partial charge >= 0.3 is 0 Å². The summed E-state index contributed by atoms with van der Waals surface area (Å²) in [6.45, 7) is 4.71. The topological polar surface area (TPSA) is 30.1 Å². The fourth-order valence-electron chi connectivity index (χ4n) is 8.95. The van der Waals surface area contributed by atoms with E-state index in [2.05, 4.69) is 181 Å². The fourth-order valence-corrected chi connectivity index (χ4v) is 8.95. The van der Waals surface area contributed by atoms with E-state index >= 15 is 0 Å². The van der Waals surface area contributed by atoms with Crippen molar-refractivity contribution in [3.63, 3.8) is 0 Å². The molecule has 1 aliphatic carbocycles. The molecule has 7 aromatic carbocycles. The summed E-state index contributed by atoms with van der Waals surface area (Å²) in [6, 6.07) is 55.1. The second kappa shape index (κ2) is 10.3. The van der Waals surface area contributed by atoms with Crippen LogP contribution in [0, 0.1) is 0 Å². The first kappa shape index (κ1) is 28.5. The number of aromatic nitrogens is 1. The summed E-state index contributed by atoms with van der Waals surface area (Å²) in [5, 5.41) is 8.51. The summed E-state index contributed by atoms with van der Waals surface area (Å²) < 4.78 is 9.37. The molecule has 0 spiro atoms. The Morgan fingerprint density at radius 1 is 0.569 bits per heavy atom. The zero-order valence-electron chi connectivity index (χ0n) is 28.4. The summed E-state index contributed by atoms with van der Waals surface area (Å²) in [7, 11) is 0. The normalized spacial score (nSPS) is 15.9. The van der Waals surface area contributed by atoms with Crippen molar-refractivity contribution in [2.75, 3.05) is 5.32 Å². The summed E-state index contributed by atoms with van der Waals surface area (Å²) in [5.74, 6) is 0. The number of anilines is 1. The van der Waals surface area contributed by atoms with Gasteiger partial charge in [0.15, 0.2) is 5.58 Å². The molecule has 3 heterocycles. The van der Waals surface area contributed by atoms with E-state index in [0.717, 1.165) is 38.9 Å². The van der Waals surface area contributed by atoms with Gasteiger partial charge in [-0.15, -0.1) is 0 Å². The third kappa shape index (κ3) is 4.00. The number of rotatable bonds is 3. The van der Waals surface area contributed by atoms with Crippen molar-refractivity contribution < 1.29 is 4.42 Å². The van der Waals surface area contributed by atoms with Gasteiger partial charge in [-0.1, -0.05) is 123 Å². The van der Waals surface area contributed by atoms with E-state index in [1.807, 2.05) is 0 Å². The molecular weight excluding hydrogens is 621 g/mol. The van der Waals surface area contributed by atoms with Gasteiger partial charge in [0.1, 0.15) is 5.58 Å². The molecule has 0 radical (unpaired) electrons. The van der Waals surface area contributed by atoms with Crippen molar-refractivity contribution in [1.29, 1.82) is 0 Å². The molecule has 242 valence electrons. The third-order valence-electron chi connectivity index (χ3n) is 11.4. The van der Waals surface area contributed by atoms with E-state index in [1.54, 1.807) is 0 Å². The number of furan rings is 1. The van der Waals surface area contributed by atoms with E-state index < -0.39 is 0 Å². The monoisotopic (exact) mass is 654 g/mol. The van der Waals surface area contributed by atoms with Gasteiger partial charge in [0.25, 0.3) is 0 Å². The second-order valence-electron chi connectivity index (χ2n) is 14.6. The minimum atomic E-state index is -0.0642. The molecule has 0 bridgehead atoms. The zero-order valence-corrected chi connectivity index (χ0v) is 28.4. The molecule has 1 unspecified atom stereocenters. The van der Waals surface area contributed by atoms with Crippen molar-refractivity contribution >= 4 is 55.0 Å².